The maximum atomic E-state index is 12.2. The summed E-state index contributed by atoms with van der Waals surface area (Å²) in [4.78, 5) is 16.3. The molecule has 1 aromatic carbocycles. The summed E-state index contributed by atoms with van der Waals surface area (Å²) in [5, 5.41) is 17.4. The van der Waals surface area contributed by atoms with Crippen molar-refractivity contribution in [3.63, 3.8) is 0 Å². The number of anilines is 2. The van der Waals surface area contributed by atoms with E-state index < -0.39 is 11.9 Å². The van der Waals surface area contributed by atoms with Gasteiger partial charge in [0.1, 0.15) is 12.6 Å². The number of nitriles is 1. The molecule has 1 saturated heterocycles. The van der Waals surface area contributed by atoms with E-state index in [4.69, 9.17) is 5.73 Å². The number of carbonyl (C=O) groups is 1. The van der Waals surface area contributed by atoms with Gasteiger partial charge in [0.2, 0.25) is 5.91 Å². The summed E-state index contributed by atoms with van der Waals surface area (Å²) in [6.07, 6.45) is 2.49. The second-order valence-corrected chi connectivity index (χ2v) is 8.16. The Balaban J connectivity index is 1.95. The van der Waals surface area contributed by atoms with Crippen molar-refractivity contribution in [3.8, 4) is 17.2 Å². The summed E-state index contributed by atoms with van der Waals surface area (Å²) in [6.45, 7) is 8.07. The third-order valence-corrected chi connectivity index (χ3v) is 5.38. The molecule has 2 aromatic rings. The van der Waals surface area contributed by atoms with E-state index in [1.54, 1.807) is 9.58 Å². The maximum Gasteiger partial charge on any atom is 0.240 e. The normalized spacial score (nSPS) is 15.1. The third-order valence-electron chi connectivity index (χ3n) is 5.38. The molecule has 2 heterocycles. The summed E-state index contributed by atoms with van der Waals surface area (Å²) in [5.41, 5.74) is 8.78. The van der Waals surface area contributed by atoms with Gasteiger partial charge in [0.05, 0.1) is 6.07 Å². The lowest BCUT2D eigenvalue weighted by atomic mass is 10.0. The summed E-state index contributed by atoms with van der Waals surface area (Å²) in [5.74, 6) is 0.428. The first kappa shape index (κ1) is 21.7. The second kappa shape index (κ2) is 9.63. The zero-order valence-corrected chi connectivity index (χ0v) is 18.0. The SMILES string of the molecule is CC(C)CC(C(N)=O)N(CC#N)c1nn(C)cc1-c1ccc(N2CCNCC2)cc1. The number of hydrogen-bond donors (Lipinski definition) is 2. The fraction of sp³-hybridized carbons (Fsp3) is 0.500. The number of benzene rings is 1. The molecule has 1 aliphatic heterocycles. The number of primary amides is 1. The molecule has 1 aromatic heterocycles. The number of carbonyl (C=O) groups excluding carboxylic acids is 1. The van der Waals surface area contributed by atoms with Crippen molar-refractivity contribution >= 4 is 17.4 Å². The summed E-state index contributed by atoms with van der Waals surface area (Å²) < 4.78 is 1.71. The Hall–Kier alpha value is -3.05. The number of aryl methyl sites for hydroxylation is 1. The quantitative estimate of drug-likeness (QED) is 0.644. The van der Waals surface area contributed by atoms with Crippen molar-refractivity contribution in [1.29, 1.82) is 5.26 Å². The van der Waals surface area contributed by atoms with Gasteiger partial charge in [-0.05, 0) is 30.0 Å². The van der Waals surface area contributed by atoms with Gasteiger partial charge >= 0.3 is 0 Å². The number of rotatable bonds is 8. The zero-order chi connectivity index (χ0) is 21.7. The number of hydrogen-bond acceptors (Lipinski definition) is 6. The average Bonchev–Trinajstić information content (AvgIpc) is 3.12. The molecule has 0 aliphatic carbocycles. The molecule has 1 atom stereocenters. The smallest absolute Gasteiger partial charge is 0.240 e. The van der Waals surface area contributed by atoms with Crippen LogP contribution in [0.15, 0.2) is 30.5 Å². The standard InChI is InChI=1S/C22H31N7O/c1-16(2)14-20(21(24)30)29(11-8-23)22-19(15-27(3)26-22)17-4-6-18(7-5-17)28-12-9-25-10-13-28/h4-7,15-16,20,25H,9-14H2,1-3H3,(H2,24,30). The molecule has 1 aliphatic rings. The summed E-state index contributed by atoms with van der Waals surface area (Å²) >= 11 is 0. The molecule has 3 rings (SSSR count). The van der Waals surface area contributed by atoms with Gasteiger partial charge in [0.15, 0.2) is 5.82 Å². The van der Waals surface area contributed by atoms with E-state index in [-0.39, 0.29) is 12.5 Å². The van der Waals surface area contributed by atoms with Crippen LogP contribution < -0.4 is 20.9 Å². The van der Waals surface area contributed by atoms with Crippen LogP contribution in [0.1, 0.15) is 20.3 Å². The molecule has 8 heteroatoms. The first-order valence-electron chi connectivity index (χ1n) is 10.4. The summed E-state index contributed by atoms with van der Waals surface area (Å²) in [7, 11) is 1.84. The topological polar surface area (TPSA) is 103 Å². The molecule has 160 valence electrons. The number of aromatic nitrogens is 2. The van der Waals surface area contributed by atoms with Crippen LogP contribution in [0, 0.1) is 17.2 Å². The van der Waals surface area contributed by atoms with Gasteiger partial charge in [-0.15, -0.1) is 0 Å². The predicted octanol–water partition coefficient (Wildman–Crippen LogP) is 1.73. The van der Waals surface area contributed by atoms with E-state index >= 15 is 0 Å². The Morgan fingerprint density at radius 2 is 1.97 bits per heavy atom. The molecule has 8 nitrogen and oxygen atoms in total. The van der Waals surface area contributed by atoms with E-state index in [1.165, 1.54) is 5.69 Å². The molecular weight excluding hydrogens is 378 g/mol. The lowest BCUT2D eigenvalue weighted by molar-refractivity contribution is -0.119. The first-order valence-corrected chi connectivity index (χ1v) is 10.4. The first-order chi connectivity index (χ1) is 14.4. The molecular formula is C22H31N7O. The molecule has 0 radical (unpaired) electrons. The molecule has 1 unspecified atom stereocenters. The Labute approximate surface area is 178 Å². The fourth-order valence-corrected chi connectivity index (χ4v) is 3.92. The van der Waals surface area contributed by atoms with Crippen LogP contribution in [0.5, 0.6) is 0 Å². The second-order valence-electron chi connectivity index (χ2n) is 8.16. The van der Waals surface area contributed by atoms with Crippen LogP contribution in [0.4, 0.5) is 11.5 Å². The van der Waals surface area contributed by atoms with Crippen molar-refractivity contribution in [3.05, 3.63) is 30.5 Å². The maximum absolute atomic E-state index is 12.2. The van der Waals surface area contributed by atoms with E-state index in [1.807, 2.05) is 27.1 Å². The van der Waals surface area contributed by atoms with Crippen molar-refractivity contribution in [1.82, 2.24) is 15.1 Å². The Morgan fingerprint density at radius 1 is 1.30 bits per heavy atom. The Kier molecular flexibility index (Phi) is 6.95. The van der Waals surface area contributed by atoms with Gasteiger partial charge in [-0.25, -0.2) is 0 Å². The monoisotopic (exact) mass is 409 g/mol. The van der Waals surface area contributed by atoms with Gasteiger partial charge in [-0.3, -0.25) is 9.48 Å². The minimum Gasteiger partial charge on any atom is -0.369 e. The van der Waals surface area contributed by atoms with Crippen LogP contribution in [-0.2, 0) is 11.8 Å². The number of piperazine rings is 1. The number of nitrogens with zero attached hydrogens (tertiary/aromatic N) is 5. The van der Waals surface area contributed by atoms with Gasteiger partial charge in [-0.2, -0.15) is 10.4 Å². The van der Waals surface area contributed by atoms with Crippen molar-refractivity contribution in [2.45, 2.75) is 26.3 Å². The highest BCUT2D eigenvalue weighted by Crippen LogP contribution is 2.33. The zero-order valence-electron chi connectivity index (χ0n) is 18.0. The molecule has 0 spiro atoms. The van der Waals surface area contributed by atoms with Crippen LogP contribution in [0.2, 0.25) is 0 Å². The van der Waals surface area contributed by atoms with Gasteiger partial charge in [0.25, 0.3) is 0 Å². The number of nitrogens with one attached hydrogen (secondary N) is 1. The highest BCUT2D eigenvalue weighted by molar-refractivity contribution is 5.86. The molecule has 0 saturated carbocycles. The third kappa shape index (κ3) is 4.92. The Bertz CT molecular complexity index is 891. The minimum absolute atomic E-state index is 0.0448. The van der Waals surface area contributed by atoms with Gasteiger partial charge < -0.3 is 20.9 Å². The Morgan fingerprint density at radius 3 is 2.53 bits per heavy atom. The number of amides is 1. The van der Waals surface area contributed by atoms with Crippen molar-refractivity contribution in [2.24, 2.45) is 18.7 Å². The van der Waals surface area contributed by atoms with E-state index in [0.717, 1.165) is 37.3 Å². The lowest BCUT2D eigenvalue weighted by Gasteiger charge is -2.30. The largest absolute Gasteiger partial charge is 0.369 e. The van der Waals surface area contributed by atoms with E-state index in [0.29, 0.717) is 12.2 Å². The number of nitrogens with two attached hydrogens (primary N) is 1. The fourth-order valence-electron chi connectivity index (χ4n) is 3.92. The van der Waals surface area contributed by atoms with Crippen molar-refractivity contribution < 1.29 is 4.79 Å². The molecule has 30 heavy (non-hydrogen) atoms. The highest BCUT2D eigenvalue weighted by atomic mass is 16.1. The van der Waals surface area contributed by atoms with Gasteiger partial charge in [0, 0.05) is 50.7 Å². The van der Waals surface area contributed by atoms with Crippen molar-refractivity contribution in [2.75, 3.05) is 42.5 Å². The molecule has 1 fully saturated rings. The van der Waals surface area contributed by atoms with E-state index in [9.17, 15) is 10.1 Å². The van der Waals surface area contributed by atoms with Crippen LogP contribution in [-0.4, -0.2) is 54.5 Å². The van der Waals surface area contributed by atoms with E-state index in [2.05, 4.69) is 45.7 Å². The molecule has 3 N–H and O–H groups in total. The summed E-state index contributed by atoms with van der Waals surface area (Å²) in [6, 6.07) is 9.97. The highest BCUT2D eigenvalue weighted by Gasteiger charge is 2.29. The average molecular weight is 410 g/mol. The van der Waals surface area contributed by atoms with Crippen LogP contribution in [0.3, 0.4) is 0 Å². The molecule has 0 bridgehead atoms. The predicted molar refractivity (Wildman–Crippen MR) is 119 cm³/mol. The minimum atomic E-state index is -0.585. The van der Waals surface area contributed by atoms with Crippen LogP contribution in [0.25, 0.3) is 11.1 Å². The van der Waals surface area contributed by atoms with Crippen LogP contribution >= 0.6 is 0 Å². The van der Waals surface area contributed by atoms with Gasteiger partial charge in [-0.1, -0.05) is 26.0 Å². The molecule has 1 amide bonds. The lowest BCUT2D eigenvalue weighted by Crippen LogP contribution is -2.46.